The summed E-state index contributed by atoms with van der Waals surface area (Å²) in [5.74, 6) is -1.08. The second-order valence-electron chi connectivity index (χ2n) is 8.96. The lowest BCUT2D eigenvalue weighted by Crippen LogP contribution is -2.37. The van der Waals surface area contributed by atoms with Crippen LogP contribution in [0.5, 0.6) is 0 Å². The first-order valence-electron chi connectivity index (χ1n) is 12.0. The minimum atomic E-state index is -4.93. The highest BCUT2D eigenvalue weighted by Gasteiger charge is 2.37. The summed E-state index contributed by atoms with van der Waals surface area (Å²) in [6, 6.07) is 4.66. The molecule has 2 aromatic heterocycles. The Hall–Kier alpha value is -3.75. The maximum Gasteiger partial charge on any atom is 0.433 e. The molecule has 2 heterocycles. The third-order valence-electron chi connectivity index (χ3n) is 5.75. The Morgan fingerprint density at radius 1 is 1.18 bits per heavy atom. The number of halogens is 5. The van der Waals surface area contributed by atoms with Crippen molar-refractivity contribution in [3.05, 3.63) is 70.1 Å². The van der Waals surface area contributed by atoms with Gasteiger partial charge in [0, 0.05) is 28.9 Å². The number of hydrogen-bond acceptors (Lipinski definition) is 6. The van der Waals surface area contributed by atoms with E-state index in [1.54, 1.807) is 19.1 Å². The number of carbonyl (C=O) groups is 2. The van der Waals surface area contributed by atoms with Gasteiger partial charge in [0.25, 0.3) is 18.2 Å². The Balaban J connectivity index is 1.85. The van der Waals surface area contributed by atoms with Crippen LogP contribution < -0.4 is 10.6 Å². The second kappa shape index (κ2) is 12.6. The van der Waals surface area contributed by atoms with E-state index in [9.17, 15) is 35.8 Å². The molecule has 0 aliphatic carbocycles. The van der Waals surface area contributed by atoms with E-state index in [0.29, 0.717) is 16.7 Å². The van der Waals surface area contributed by atoms with Gasteiger partial charge < -0.3 is 10.6 Å². The Kier molecular flexibility index (Phi) is 9.71. The number of nitrogens with one attached hydrogen (secondary N) is 2. The van der Waals surface area contributed by atoms with E-state index in [4.69, 9.17) is 0 Å². The maximum absolute atomic E-state index is 13.3. The summed E-state index contributed by atoms with van der Waals surface area (Å²) in [6.45, 7) is 4.36. The number of hydrogen-bond donors (Lipinski definition) is 2. The lowest BCUT2D eigenvalue weighted by Gasteiger charge is -2.17. The second-order valence-corrected chi connectivity index (χ2v) is 10.4. The molecule has 0 saturated heterocycles. The van der Waals surface area contributed by atoms with Crippen LogP contribution in [0.2, 0.25) is 0 Å². The van der Waals surface area contributed by atoms with Crippen LogP contribution in [0.1, 0.15) is 69.5 Å². The zero-order chi connectivity index (χ0) is 29.8. The van der Waals surface area contributed by atoms with Crippen LogP contribution in [0.25, 0.3) is 0 Å². The molecule has 15 heteroatoms. The average molecular weight is 587 g/mol. The normalized spacial score (nSPS) is 13.2. The van der Waals surface area contributed by atoms with Crippen LogP contribution in [0.3, 0.4) is 0 Å². The smallest absolute Gasteiger partial charge is 0.349 e. The summed E-state index contributed by atoms with van der Waals surface area (Å²) < 4.78 is 77.7. The molecule has 0 radical (unpaired) electrons. The molecule has 2 amide bonds. The van der Waals surface area contributed by atoms with E-state index in [2.05, 4.69) is 25.7 Å². The number of amides is 2. The van der Waals surface area contributed by atoms with Gasteiger partial charge in [0.05, 0.1) is 28.7 Å². The molecule has 0 aliphatic rings. The first-order chi connectivity index (χ1) is 18.7. The number of carbonyl (C=O) groups excluding carboxylic acids is 2. The molecule has 2 atom stereocenters. The van der Waals surface area contributed by atoms with Gasteiger partial charge in [-0.2, -0.15) is 18.3 Å². The van der Waals surface area contributed by atoms with Gasteiger partial charge >= 0.3 is 6.18 Å². The molecule has 0 bridgehead atoms. The SMILES string of the molecule is CCc1cccc(C(=O)Nc2cnc(Cn3nc(C(F)F)cc3C(F)(F)F)nc2C)c1C(=O)NC(C)CS(C)=O. The first kappa shape index (κ1) is 30.8. The zero-order valence-electron chi connectivity index (χ0n) is 22.0. The van der Waals surface area contributed by atoms with Crippen molar-refractivity contribution < 1.29 is 35.8 Å². The van der Waals surface area contributed by atoms with Crippen LogP contribution in [0, 0.1) is 6.92 Å². The monoisotopic (exact) mass is 586 g/mol. The van der Waals surface area contributed by atoms with Gasteiger partial charge in [-0.05, 0) is 38.0 Å². The van der Waals surface area contributed by atoms with Crippen molar-refractivity contribution in [2.75, 3.05) is 17.3 Å². The predicted octanol–water partition coefficient (Wildman–Crippen LogP) is 4.30. The molecular formula is C25H27F5N6O3S. The third kappa shape index (κ3) is 7.46. The largest absolute Gasteiger partial charge is 0.433 e. The fourth-order valence-corrected chi connectivity index (χ4v) is 4.76. The molecule has 1 aromatic carbocycles. The van der Waals surface area contributed by atoms with Crippen LogP contribution in [0.15, 0.2) is 30.5 Å². The molecule has 0 saturated carbocycles. The van der Waals surface area contributed by atoms with Crippen LogP contribution in [-0.2, 0) is 29.9 Å². The van der Waals surface area contributed by atoms with Crippen molar-refractivity contribution >= 4 is 28.3 Å². The number of aryl methyl sites for hydroxylation is 2. The van der Waals surface area contributed by atoms with Gasteiger partial charge in [-0.25, -0.2) is 18.7 Å². The van der Waals surface area contributed by atoms with E-state index in [0.717, 1.165) is 0 Å². The van der Waals surface area contributed by atoms with Gasteiger partial charge in [0.15, 0.2) is 0 Å². The Morgan fingerprint density at radius 3 is 2.45 bits per heavy atom. The zero-order valence-corrected chi connectivity index (χ0v) is 22.8. The molecule has 0 spiro atoms. The fraction of sp³-hybridized carbons (Fsp3) is 0.400. The highest BCUT2D eigenvalue weighted by molar-refractivity contribution is 7.84. The molecule has 0 aliphatic heterocycles. The lowest BCUT2D eigenvalue weighted by molar-refractivity contribution is -0.144. The standard InChI is InChI=1S/C25H27F5N6O3S/c1-5-15-7-6-8-16(21(15)24(38)32-13(2)12-40(4)39)23(37)34-18-10-31-20(33-14(18)3)11-36-19(25(28,29)30)9-17(35-36)22(26)27/h6-10,13,22H,5,11-12H2,1-4H3,(H,32,38)(H,34,37). The molecule has 2 unspecified atom stereocenters. The van der Waals surface area contributed by atoms with Gasteiger partial charge in [-0.1, -0.05) is 19.1 Å². The highest BCUT2D eigenvalue weighted by atomic mass is 32.2. The molecule has 3 rings (SSSR count). The van der Waals surface area contributed by atoms with Crippen LogP contribution in [-0.4, -0.2) is 53.8 Å². The van der Waals surface area contributed by atoms with E-state index < -0.39 is 59.2 Å². The maximum atomic E-state index is 13.3. The molecule has 2 N–H and O–H groups in total. The van der Waals surface area contributed by atoms with Crippen LogP contribution in [0.4, 0.5) is 27.6 Å². The fourth-order valence-electron chi connectivity index (χ4n) is 3.97. The summed E-state index contributed by atoms with van der Waals surface area (Å²) in [6.07, 6.45) is -4.98. The minimum absolute atomic E-state index is 0.0658. The number of aromatic nitrogens is 4. The Morgan fingerprint density at radius 2 is 1.88 bits per heavy atom. The lowest BCUT2D eigenvalue weighted by atomic mass is 9.97. The summed E-state index contributed by atoms with van der Waals surface area (Å²) in [7, 11) is -1.14. The number of anilines is 1. The van der Waals surface area contributed by atoms with Gasteiger partial charge in [-0.3, -0.25) is 18.5 Å². The topological polar surface area (TPSA) is 119 Å². The average Bonchev–Trinajstić information content (AvgIpc) is 3.29. The predicted molar refractivity (Wildman–Crippen MR) is 138 cm³/mol. The summed E-state index contributed by atoms with van der Waals surface area (Å²) in [5.41, 5.74) is -1.26. The molecule has 216 valence electrons. The Labute approximate surface area is 229 Å². The van der Waals surface area contributed by atoms with E-state index in [1.165, 1.54) is 25.4 Å². The van der Waals surface area contributed by atoms with E-state index in [1.807, 2.05) is 6.92 Å². The molecular weight excluding hydrogens is 559 g/mol. The van der Waals surface area contributed by atoms with Crippen molar-refractivity contribution in [2.45, 2.75) is 52.4 Å². The first-order valence-corrected chi connectivity index (χ1v) is 13.7. The van der Waals surface area contributed by atoms with E-state index >= 15 is 0 Å². The molecule has 0 fully saturated rings. The highest BCUT2D eigenvalue weighted by Crippen LogP contribution is 2.32. The molecule has 3 aromatic rings. The summed E-state index contributed by atoms with van der Waals surface area (Å²) in [5, 5.41) is 8.70. The van der Waals surface area contributed by atoms with Gasteiger partial charge in [0.2, 0.25) is 0 Å². The van der Waals surface area contributed by atoms with Gasteiger partial charge in [0.1, 0.15) is 23.8 Å². The molecule has 9 nitrogen and oxygen atoms in total. The quantitative estimate of drug-likeness (QED) is 0.342. The van der Waals surface area contributed by atoms with E-state index in [-0.39, 0.29) is 40.2 Å². The number of nitrogens with zero attached hydrogens (tertiary/aromatic N) is 4. The van der Waals surface area contributed by atoms with Crippen molar-refractivity contribution in [2.24, 2.45) is 0 Å². The van der Waals surface area contributed by atoms with Crippen molar-refractivity contribution in [1.29, 1.82) is 0 Å². The summed E-state index contributed by atoms with van der Waals surface area (Å²) >= 11 is 0. The molecule has 40 heavy (non-hydrogen) atoms. The van der Waals surface area contributed by atoms with Crippen molar-refractivity contribution in [3.8, 4) is 0 Å². The minimum Gasteiger partial charge on any atom is -0.349 e. The summed E-state index contributed by atoms with van der Waals surface area (Å²) in [4.78, 5) is 34.4. The third-order valence-corrected chi connectivity index (χ3v) is 6.72. The van der Waals surface area contributed by atoms with Crippen molar-refractivity contribution in [1.82, 2.24) is 25.1 Å². The number of alkyl halides is 5. The number of benzene rings is 1. The van der Waals surface area contributed by atoms with Crippen LogP contribution >= 0.6 is 0 Å². The Bertz CT molecular complexity index is 1430. The number of rotatable bonds is 10. The van der Waals surface area contributed by atoms with Gasteiger partial charge in [-0.15, -0.1) is 0 Å². The van der Waals surface area contributed by atoms with Crippen molar-refractivity contribution in [3.63, 3.8) is 0 Å².